The highest BCUT2D eigenvalue weighted by Gasteiger charge is 2.41. The minimum Gasteiger partial charge on any atom is -0.465 e. The molecule has 0 spiro atoms. The summed E-state index contributed by atoms with van der Waals surface area (Å²) in [6, 6.07) is 8.85. The Morgan fingerprint density at radius 2 is 1.76 bits per heavy atom. The van der Waals surface area contributed by atoms with Gasteiger partial charge in [0.2, 0.25) is 0 Å². The van der Waals surface area contributed by atoms with Gasteiger partial charge in [0.25, 0.3) is 0 Å². The van der Waals surface area contributed by atoms with E-state index in [2.05, 4.69) is 0 Å². The average molecular weight is 234 g/mol. The van der Waals surface area contributed by atoms with Crippen LogP contribution in [-0.2, 0) is 9.53 Å². The molecule has 1 unspecified atom stereocenters. The molecule has 0 heterocycles. The van der Waals surface area contributed by atoms with Gasteiger partial charge < -0.3 is 4.74 Å². The van der Waals surface area contributed by atoms with Crippen LogP contribution in [0, 0.1) is 5.41 Å². The Labute approximate surface area is 102 Å². The van der Waals surface area contributed by atoms with Gasteiger partial charge in [-0.15, -0.1) is 0 Å². The maximum Gasteiger partial charge on any atom is 0.319 e. The highest BCUT2D eigenvalue weighted by molar-refractivity contribution is 6.12. The van der Waals surface area contributed by atoms with Crippen LogP contribution in [0.1, 0.15) is 37.6 Å². The van der Waals surface area contributed by atoms with E-state index in [-0.39, 0.29) is 12.4 Å². The monoisotopic (exact) mass is 234 g/mol. The van der Waals surface area contributed by atoms with E-state index in [1.54, 1.807) is 38.1 Å². The second kappa shape index (κ2) is 5.62. The first-order valence-electron chi connectivity index (χ1n) is 5.83. The summed E-state index contributed by atoms with van der Waals surface area (Å²) in [5.74, 6) is -0.629. The summed E-state index contributed by atoms with van der Waals surface area (Å²) >= 11 is 0. The third-order valence-corrected chi connectivity index (χ3v) is 2.97. The summed E-state index contributed by atoms with van der Waals surface area (Å²) in [5.41, 5.74) is -0.540. The lowest BCUT2D eigenvalue weighted by Gasteiger charge is -2.24. The van der Waals surface area contributed by atoms with Crippen LogP contribution in [0.4, 0.5) is 0 Å². The zero-order chi connectivity index (χ0) is 12.9. The molecule has 0 aliphatic heterocycles. The van der Waals surface area contributed by atoms with Crippen molar-refractivity contribution in [2.75, 3.05) is 6.61 Å². The van der Waals surface area contributed by atoms with Crippen LogP contribution >= 0.6 is 0 Å². The van der Waals surface area contributed by atoms with Crippen LogP contribution in [0.5, 0.6) is 0 Å². The van der Waals surface area contributed by atoms with Crippen molar-refractivity contribution in [2.24, 2.45) is 5.41 Å². The van der Waals surface area contributed by atoms with Crippen molar-refractivity contribution < 1.29 is 14.3 Å². The molecule has 0 saturated carbocycles. The van der Waals surface area contributed by atoms with E-state index >= 15 is 0 Å². The largest absolute Gasteiger partial charge is 0.465 e. The van der Waals surface area contributed by atoms with Crippen LogP contribution < -0.4 is 0 Å². The Bertz CT molecular complexity index is 397. The van der Waals surface area contributed by atoms with Gasteiger partial charge in [-0.1, -0.05) is 37.3 Å². The summed E-state index contributed by atoms with van der Waals surface area (Å²) < 4.78 is 4.98. The van der Waals surface area contributed by atoms with E-state index < -0.39 is 11.4 Å². The summed E-state index contributed by atoms with van der Waals surface area (Å²) in [4.78, 5) is 24.2. The SMILES string of the molecule is CCOC(=O)C(C)(CC)C(=O)c1ccccc1. The normalized spacial score (nSPS) is 13.8. The van der Waals surface area contributed by atoms with Crippen LogP contribution in [0.15, 0.2) is 30.3 Å². The molecular weight excluding hydrogens is 216 g/mol. The van der Waals surface area contributed by atoms with Gasteiger partial charge in [-0.3, -0.25) is 9.59 Å². The number of hydrogen-bond donors (Lipinski definition) is 0. The molecule has 1 rings (SSSR count). The minimum atomic E-state index is -1.09. The van der Waals surface area contributed by atoms with Gasteiger partial charge in [0.1, 0.15) is 5.41 Å². The molecule has 0 aliphatic carbocycles. The zero-order valence-corrected chi connectivity index (χ0v) is 10.5. The third-order valence-electron chi connectivity index (χ3n) is 2.97. The maximum atomic E-state index is 12.3. The molecule has 1 aromatic carbocycles. The lowest BCUT2D eigenvalue weighted by molar-refractivity contribution is -0.151. The summed E-state index contributed by atoms with van der Waals surface area (Å²) in [5, 5.41) is 0. The van der Waals surface area contributed by atoms with E-state index in [9.17, 15) is 9.59 Å². The smallest absolute Gasteiger partial charge is 0.319 e. The molecule has 1 aromatic rings. The van der Waals surface area contributed by atoms with E-state index in [4.69, 9.17) is 4.74 Å². The van der Waals surface area contributed by atoms with Crippen molar-refractivity contribution in [1.82, 2.24) is 0 Å². The first-order chi connectivity index (χ1) is 8.06. The van der Waals surface area contributed by atoms with Gasteiger partial charge in [0.05, 0.1) is 6.61 Å². The second-order valence-corrected chi connectivity index (χ2v) is 4.10. The molecule has 92 valence electrons. The second-order valence-electron chi connectivity index (χ2n) is 4.10. The van der Waals surface area contributed by atoms with Gasteiger partial charge in [0.15, 0.2) is 5.78 Å². The molecule has 0 radical (unpaired) electrons. The Morgan fingerprint density at radius 1 is 1.18 bits per heavy atom. The molecule has 3 nitrogen and oxygen atoms in total. The fourth-order valence-electron chi connectivity index (χ4n) is 1.60. The number of hydrogen-bond acceptors (Lipinski definition) is 3. The third kappa shape index (κ3) is 2.73. The predicted molar refractivity (Wildman–Crippen MR) is 65.8 cm³/mol. The predicted octanol–water partition coefficient (Wildman–Crippen LogP) is 2.85. The van der Waals surface area contributed by atoms with Crippen molar-refractivity contribution in [2.45, 2.75) is 27.2 Å². The Kier molecular flexibility index (Phi) is 4.44. The molecule has 0 saturated heterocycles. The average Bonchev–Trinajstić information content (AvgIpc) is 2.38. The standard InChI is InChI=1S/C14H18O3/c1-4-14(3,13(16)17-5-2)12(15)11-9-7-6-8-10-11/h6-10H,4-5H2,1-3H3. The van der Waals surface area contributed by atoms with Gasteiger partial charge >= 0.3 is 5.97 Å². The first-order valence-corrected chi connectivity index (χ1v) is 5.83. The van der Waals surface area contributed by atoms with Crippen LogP contribution in [0.3, 0.4) is 0 Å². The zero-order valence-electron chi connectivity index (χ0n) is 10.5. The van der Waals surface area contributed by atoms with E-state index in [0.29, 0.717) is 12.0 Å². The van der Waals surface area contributed by atoms with Gasteiger partial charge in [-0.05, 0) is 20.3 Å². The number of carbonyl (C=O) groups is 2. The number of carbonyl (C=O) groups excluding carboxylic acids is 2. The van der Waals surface area contributed by atoms with Gasteiger partial charge in [-0.25, -0.2) is 0 Å². The minimum absolute atomic E-state index is 0.181. The lowest BCUT2D eigenvalue weighted by Crippen LogP contribution is -2.37. The first kappa shape index (κ1) is 13.4. The Balaban J connectivity index is 3.02. The molecule has 0 fully saturated rings. The quantitative estimate of drug-likeness (QED) is 0.447. The van der Waals surface area contributed by atoms with Crippen LogP contribution in [0.25, 0.3) is 0 Å². The summed E-state index contributed by atoms with van der Waals surface area (Å²) in [6.07, 6.45) is 0.430. The van der Waals surface area contributed by atoms with Crippen molar-refractivity contribution in [1.29, 1.82) is 0 Å². The number of rotatable bonds is 5. The van der Waals surface area contributed by atoms with E-state index in [1.807, 2.05) is 13.0 Å². The Morgan fingerprint density at radius 3 is 2.24 bits per heavy atom. The maximum absolute atomic E-state index is 12.3. The topological polar surface area (TPSA) is 43.4 Å². The molecule has 0 bridgehead atoms. The number of benzene rings is 1. The van der Waals surface area contributed by atoms with Gasteiger partial charge in [-0.2, -0.15) is 0 Å². The van der Waals surface area contributed by atoms with Crippen molar-refractivity contribution in [3.8, 4) is 0 Å². The fraction of sp³-hybridized carbons (Fsp3) is 0.429. The number of Topliss-reactive ketones (excluding diaryl/α,β-unsaturated/α-hetero) is 1. The Hall–Kier alpha value is -1.64. The van der Waals surface area contributed by atoms with Gasteiger partial charge in [0, 0.05) is 5.56 Å². The van der Waals surface area contributed by atoms with E-state index in [0.717, 1.165) is 0 Å². The highest BCUT2D eigenvalue weighted by atomic mass is 16.5. The molecule has 3 heteroatoms. The van der Waals surface area contributed by atoms with E-state index in [1.165, 1.54) is 0 Å². The fourth-order valence-corrected chi connectivity index (χ4v) is 1.60. The van der Waals surface area contributed by atoms with Crippen molar-refractivity contribution in [3.05, 3.63) is 35.9 Å². The molecule has 17 heavy (non-hydrogen) atoms. The summed E-state index contributed by atoms with van der Waals surface area (Å²) in [7, 11) is 0. The lowest BCUT2D eigenvalue weighted by atomic mass is 9.80. The van der Waals surface area contributed by atoms with Crippen LogP contribution in [-0.4, -0.2) is 18.4 Å². The number of esters is 1. The molecule has 1 atom stereocenters. The van der Waals surface area contributed by atoms with Crippen LogP contribution in [0.2, 0.25) is 0 Å². The molecular formula is C14H18O3. The molecule has 0 N–H and O–H groups in total. The van der Waals surface area contributed by atoms with Crippen molar-refractivity contribution >= 4 is 11.8 Å². The van der Waals surface area contributed by atoms with Crippen molar-refractivity contribution in [3.63, 3.8) is 0 Å². The number of ketones is 1. The molecule has 0 aromatic heterocycles. The molecule has 0 aliphatic rings. The highest BCUT2D eigenvalue weighted by Crippen LogP contribution is 2.28. The molecule has 0 amide bonds. The number of ether oxygens (including phenoxy) is 1. The summed E-state index contributed by atoms with van der Waals surface area (Å²) in [6.45, 7) is 5.48.